The van der Waals surface area contributed by atoms with E-state index in [0.717, 1.165) is 24.3 Å². The summed E-state index contributed by atoms with van der Waals surface area (Å²) in [6, 6.07) is 2.89. The molecule has 0 saturated carbocycles. The molecule has 9 heteroatoms. The van der Waals surface area contributed by atoms with E-state index in [1.807, 2.05) is 0 Å². The van der Waals surface area contributed by atoms with E-state index in [9.17, 15) is 26.4 Å². The van der Waals surface area contributed by atoms with Crippen molar-refractivity contribution in [1.82, 2.24) is 0 Å². The average molecular weight is 295 g/mol. The molecule has 0 atom stereocenters. The highest BCUT2D eigenvalue weighted by molar-refractivity contribution is 7.93. The number of carbonyl (C=O) groups is 1. The summed E-state index contributed by atoms with van der Waals surface area (Å²) in [4.78, 5) is 10.2. The van der Waals surface area contributed by atoms with Gasteiger partial charge in [-0.05, 0) is 23.8 Å². The number of rotatable bonds is 5. The monoisotopic (exact) mass is 295 g/mol. The quantitative estimate of drug-likeness (QED) is 0.812. The lowest BCUT2D eigenvalue weighted by molar-refractivity contribution is -0.131. The number of nitrogens with one attached hydrogen (secondary N) is 1. The Morgan fingerprint density at radius 3 is 2.47 bits per heavy atom. The van der Waals surface area contributed by atoms with Gasteiger partial charge >= 0.3 is 11.7 Å². The Morgan fingerprint density at radius 1 is 1.37 bits per heavy atom. The maximum Gasteiger partial charge on any atom is 0.355 e. The van der Waals surface area contributed by atoms with Crippen LogP contribution in [0.25, 0.3) is 6.08 Å². The highest BCUT2D eigenvalue weighted by Crippen LogP contribution is 2.19. The second-order valence-electron chi connectivity index (χ2n) is 3.32. The third-order valence-electron chi connectivity index (χ3n) is 1.90. The van der Waals surface area contributed by atoms with Gasteiger partial charge in [0.05, 0.1) is 5.69 Å². The largest absolute Gasteiger partial charge is 0.478 e. The SMILES string of the molecule is O=C(O)C=Cc1ccc(NS(=O)(=O)C(F)F)c(F)c1. The molecule has 0 aromatic heterocycles. The van der Waals surface area contributed by atoms with Crippen LogP contribution in [0.1, 0.15) is 5.56 Å². The molecule has 1 aromatic carbocycles. The molecule has 0 aliphatic carbocycles. The van der Waals surface area contributed by atoms with Gasteiger partial charge in [0.2, 0.25) is 0 Å². The molecule has 5 nitrogen and oxygen atoms in total. The molecular weight excluding hydrogens is 287 g/mol. The van der Waals surface area contributed by atoms with Crippen molar-refractivity contribution in [2.24, 2.45) is 0 Å². The standard InChI is InChI=1S/C10H8F3NO4S/c11-7-5-6(2-4-9(15)16)1-3-8(7)14-19(17,18)10(12)13/h1-5,10,14H,(H,15,16). The van der Waals surface area contributed by atoms with Gasteiger partial charge < -0.3 is 5.11 Å². The van der Waals surface area contributed by atoms with E-state index >= 15 is 0 Å². The van der Waals surface area contributed by atoms with E-state index in [0.29, 0.717) is 0 Å². The number of halogens is 3. The molecule has 0 heterocycles. The van der Waals surface area contributed by atoms with Crippen LogP contribution >= 0.6 is 0 Å². The summed E-state index contributed by atoms with van der Waals surface area (Å²) >= 11 is 0. The molecule has 0 amide bonds. The van der Waals surface area contributed by atoms with E-state index in [4.69, 9.17) is 5.11 Å². The minimum absolute atomic E-state index is 0.139. The van der Waals surface area contributed by atoms with E-state index < -0.39 is 33.3 Å². The molecule has 0 aliphatic heterocycles. The van der Waals surface area contributed by atoms with Gasteiger partial charge in [-0.25, -0.2) is 17.6 Å². The zero-order valence-corrected chi connectivity index (χ0v) is 9.99. The van der Waals surface area contributed by atoms with Crippen molar-refractivity contribution < 1.29 is 31.5 Å². The second-order valence-corrected chi connectivity index (χ2v) is 4.97. The van der Waals surface area contributed by atoms with Gasteiger partial charge in [-0.2, -0.15) is 8.78 Å². The Kier molecular flexibility index (Phi) is 4.54. The molecule has 0 saturated heterocycles. The van der Waals surface area contributed by atoms with Crippen LogP contribution in [0.5, 0.6) is 0 Å². The maximum atomic E-state index is 13.4. The highest BCUT2D eigenvalue weighted by atomic mass is 32.2. The van der Waals surface area contributed by atoms with Crippen LogP contribution in [-0.2, 0) is 14.8 Å². The summed E-state index contributed by atoms with van der Waals surface area (Å²) in [6.45, 7) is 0. The predicted octanol–water partition coefficient (Wildman–Crippen LogP) is 1.89. The van der Waals surface area contributed by atoms with Gasteiger partial charge in [0.15, 0.2) is 0 Å². The van der Waals surface area contributed by atoms with Crippen LogP contribution in [0.2, 0.25) is 0 Å². The predicted molar refractivity (Wildman–Crippen MR) is 61.6 cm³/mol. The zero-order chi connectivity index (χ0) is 14.6. The molecule has 104 valence electrons. The third-order valence-corrected chi connectivity index (χ3v) is 2.87. The number of hydrogen-bond acceptors (Lipinski definition) is 3. The summed E-state index contributed by atoms with van der Waals surface area (Å²) < 4.78 is 60.6. The first-order chi connectivity index (χ1) is 8.72. The van der Waals surface area contributed by atoms with Gasteiger partial charge in [-0.1, -0.05) is 6.07 Å². The molecule has 1 rings (SSSR count). The topological polar surface area (TPSA) is 83.5 Å². The number of benzene rings is 1. The molecule has 0 aliphatic rings. The van der Waals surface area contributed by atoms with E-state index in [-0.39, 0.29) is 5.56 Å². The van der Waals surface area contributed by atoms with Crippen molar-refractivity contribution in [1.29, 1.82) is 0 Å². The van der Waals surface area contributed by atoms with Crippen molar-refractivity contribution in [3.8, 4) is 0 Å². The molecule has 0 unspecified atom stereocenters. The van der Waals surface area contributed by atoms with Crippen molar-refractivity contribution in [3.63, 3.8) is 0 Å². The van der Waals surface area contributed by atoms with Crippen molar-refractivity contribution >= 4 is 27.8 Å². The minimum atomic E-state index is -4.95. The lowest BCUT2D eigenvalue weighted by atomic mass is 10.2. The molecule has 19 heavy (non-hydrogen) atoms. The molecule has 0 spiro atoms. The first-order valence-corrected chi connectivity index (χ1v) is 6.27. The van der Waals surface area contributed by atoms with E-state index in [2.05, 4.69) is 0 Å². The molecule has 0 bridgehead atoms. The van der Waals surface area contributed by atoms with Crippen molar-refractivity contribution in [2.45, 2.75) is 5.76 Å². The number of hydrogen-bond donors (Lipinski definition) is 2. The Labute approximate surface area is 106 Å². The highest BCUT2D eigenvalue weighted by Gasteiger charge is 2.24. The second kappa shape index (κ2) is 5.74. The fourth-order valence-electron chi connectivity index (χ4n) is 1.08. The van der Waals surface area contributed by atoms with Gasteiger partial charge in [0, 0.05) is 6.08 Å². The number of carboxylic acids is 1. The molecule has 1 aromatic rings. The van der Waals surface area contributed by atoms with Crippen LogP contribution in [-0.4, -0.2) is 25.3 Å². The average Bonchev–Trinajstić information content (AvgIpc) is 2.29. The Hall–Kier alpha value is -2.03. The van der Waals surface area contributed by atoms with Gasteiger partial charge in [0.25, 0.3) is 10.0 Å². The summed E-state index contributed by atoms with van der Waals surface area (Å²) in [6.07, 6.45) is 1.81. The Balaban J connectivity index is 2.99. The molecule has 0 fully saturated rings. The lowest BCUT2D eigenvalue weighted by Gasteiger charge is -2.08. The van der Waals surface area contributed by atoms with Crippen molar-refractivity contribution in [3.05, 3.63) is 35.7 Å². The first-order valence-electron chi connectivity index (χ1n) is 4.73. The van der Waals surface area contributed by atoms with Gasteiger partial charge in [-0.3, -0.25) is 4.72 Å². The smallest absolute Gasteiger partial charge is 0.355 e. The number of anilines is 1. The Morgan fingerprint density at radius 2 is 2.00 bits per heavy atom. The summed E-state index contributed by atoms with van der Waals surface area (Å²) in [5, 5.41) is 8.36. The van der Waals surface area contributed by atoms with Gasteiger partial charge in [-0.15, -0.1) is 0 Å². The summed E-state index contributed by atoms with van der Waals surface area (Å²) in [5.41, 5.74) is -0.507. The lowest BCUT2D eigenvalue weighted by Crippen LogP contribution is -2.21. The molecule has 0 radical (unpaired) electrons. The number of aliphatic carboxylic acids is 1. The number of sulfonamides is 1. The van der Waals surface area contributed by atoms with E-state index in [1.165, 1.54) is 10.8 Å². The van der Waals surface area contributed by atoms with Gasteiger partial charge in [0.1, 0.15) is 5.82 Å². The first kappa shape index (κ1) is 15.0. The van der Waals surface area contributed by atoms with Crippen LogP contribution in [0, 0.1) is 5.82 Å². The van der Waals surface area contributed by atoms with Crippen molar-refractivity contribution in [2.75, 3.05) is 4.72 Å². The van der Waals surface area contributed by atoms with Crippen LogP contribution in [0.15, 0.2) is 24.3 Å². The molecule has 2 N–H and O–H groups in total. The normalized spacial score (nSPS) is 12.0. The number of carboxylic acid groups (broad SMARTS) is 1. The maximum absolute atomic E-state index is 13.4. The van der Waals surface area contributed by atoms with Crippen LogP contribution in [0.3, 0.4) is 0 Å². The summed E-state index contributed by atoms with van der Waals surface area (Å²) in [7, 11) is -4.95. The summed E-state index contributed by atoms with van der Waals surface area (Å²) in [5.74, 6) is -6.03. The third kappa shape index (κ3) is 4.28. The molecular formula is C10H8F3NO4S. The van der Waals surface area contributed by atoms with Crippen LogP contribution < -0.4 is 4.72 Å². The number of alkyl halides is 2. The van der Waals surface area contributed by atoms with Crippen LogP contribution in [0.4, 0.5) is 18.9 Å². The Bertz CT molecular complexity index is 613. The minimum Gasteiger partial charge on any atom is -0.478 e. The fraction of sp³-hybridized carbons (Fsp3) is 0.100. The zero-order valence-electron chi connectivity index (χ0n) is 9.18. The van der Waals surface area contributed by atoms with E-state index in [1.54, 1.807) is 0 Å². The fourth-order valence-corrected chi connectivity index (χ4v) is 1.64.